The Bertz CT molecular complexity index is 702. The van der Waals surface area contributed by atoms with Crippen LogP contribution in [0.4, 0.5) is 0 Å². The highest BCUT2D eigenvalue weighted by atomic mass is 16.4. The second kappa shape index (κ2) is 6.74. The molecular formula is C14H17N3O4. The van der Waals surface area contributed by atoms with Gasteiger partial charge in [-0.25, -0.2) is 4.79 Å². The largest absolute Gasteiger partial charge is 0.417 e. The smallest absolute Gasteiger partial charge is 0.408 e. The number of benzene rings is 1. The minimum Gasteiger partial charge on any atom is -0.408 e. The number of amides is 2. The fraction of sp³-hybridized carbons (Fsp3) is 0.357. The molecule has 0 unspecified atom stereocenters. The average Bonchev–Trinajstić information content (AvgIpc) is 2.80. The van der Waals surface area contributed by atoms with Crippen LogP contribution in [0.5, 0.6) is 0 Å². The lowest BCUT2D eigenvalue weighted by Gasteiger charge is -2.05. The van der Waals surface area contributed by atoms with Gasteiger partial charge in [-0.2, -0.15) is 0 Å². The third kappa shape index (κ3) is 4.48. The van der Waals surface area contributed by atoms with Gasteiger partial charge in [0.05, 0.1) is 5.52 Å². The lowest BCUT2D eigenvalue weighted by Crippen LogP contribution is -2.33. The number of aromatic nitrogens is 1. The second-order valence-corrected chi connectivity index (χ2v) is 4.68. The molecule has 0 atom stereocenters. The van der Waals surface area contributed by atoms with Crippen molar-refractivity contribution in [2.75, 3.05) is 13.1 Å². The predicted octanol–water partition coefficient (Wildman–Crippen LogP) is 0.306. The molecule has 0 fully saturated rings. The van der Waals surface area contributed by atoms with Crippen LogP contribution < -0.4 is 16.4 Å². The number of aryl methyl sites for hydroxylation is 1. The summed E-state index contributed by atoms with van der Waals surface area (Å²) in [4.78, 5) is 35.9. The molecular weight excluding hydrogens is 274 g/mol. The van der Waals surface area contributed by atoms with E-state index in [4.69, 9.17) is 4.42 Å². The summed E-state index contributed by atoms with van der Waals surface area (Å²) >= 11 is 0. The number of carbonyl (C=O) groups is 2. The minimum atomic E-state index is -0.488. The first-order valence-corrected chi connectivity index (χ1v) is 6.67. The average molecular weight is 291 g/mol. The maximum Gasteiger partial charge on any atom is 0.417 e. The maximum absolute atomic E-state index is 11.6. The van der Waals surface area contributed by atoms with Crippen molar-refractivity contribution < 1.29 is 14.0 Å². The fourth-order valence-electron chi connectivity index (χ4n) is 1.94. The first-order chi connectivity index (χ1) is 10.0. The topological polar surface area (TPSA) is 104 Å². The first-order valence-electron chi connectivity index (χ1n) is 6.67. The molecule has 0 aliphatic heterocycles. The van der Waals surface area contributed by atoms with E-state index in [-0.39, 0.29) is 11.8 Å². The van der Waals surface area contributed by atoms with Crippen LogP contribution in [0.25, 0.3) is 11.1 Å². The van der Waals surface area contributed by atoms with Crippen LogP contribution in [0.15, 0.2) is 27.4 Å². The Morgan fingerprint density at radius 3 is 2.76 bits per heavy atom. The fourth-order valence-corrected chi connectivity index (χ4v) is 1.94. The molecule has 1 heterocycles. The number of oxazole rings is 1. The van der Waals surface area contributed by atoms with Crippen molar-refractivity contribution in [1.29, 1.82) is 0 Å². The maximum atomic E-state index is 11.6. The van der Waals surface area contributed by atoms with Gasteiger partial charge in [0.25, 0.3) is 0 Å². The number of aromatic amines is 1. The van der Waals surface area contributed by atoms with E-state index < -0.39 is 5.76 Å². The van der Waals surface area contributed by atoms with Gasteiger partial charge >= 0.3 is 5.76 Å². The van der Waals surface area contributed by atoms with Crippen LogP contribution in [-0.4, -0.2) is 29.9 Å². The van der Waals surface area contributed by atoms with Gasteiger partial charge in [-0.15, -0.1) is 0 Å². The number of hydrogen-bond acceptors (Lipinski definition) is 4. The summed E-state index contributed by atoms with van der Waals surface area (Å²) in [5.74, 6) is -0.689. The molecule has 0 spiro atoms. The van der Waals surface area contributed by atoms with E-state index in [1.165, 1.54) is 6.92 Å². The van der Waals surface area contributed by atoms with Gasteiger partial charge in [-0.05, 0) is 24.1 Å². The summed E-state index contributed by atoms with van der Waals surface area (Å²) in [7, 11) is 0. The molecule has 1 aromatic carbocycles. The van der Waals surface area contributed by atoms with Crippen LogP contribution >= 0.6 is 0 Å². The molecule has 7 heteroatoms. The number of carbonyl (C=O) groups excluding carboxylic acids is 2. The summed E-state index contributed by atoms with van der Waals surface area (Å²) < 4.78 is 4.91. The van der Waals surface area contributed by atoms with Gasteiger partial charge in [0.15, 0.2) is 5.58 Å². The summed E-state index contributed by atoms with van der Waals surface area (Å²) in [5, 5.41) is 5.32. The Morgan fingerprint density at radius 2 is 2.00 bits per heavy atom. The highest BCUT2D eigenvalue weighted by Crippen LogP contribution is 2.13. The molecule has 0 radical (unpaired) electrons. The van der Waals surface area contributed by atoms with Crippen molar-refractivity contribution in [1.82, 2.24) is 15.6 Å². The lowest BCUT2D eigenvalue weighted by molar-refractivity contribution is -0.122. The quantitative estimate of drug-likeness (QED) is 0.666. The molecule has 0 aliphatic carbocycles. The summed E-state index contributed by atoms with van der Waals surface area (Å²) in [5.41, 5.74) is 2.07. The zero-order valence-electron chi connectivity index (χ0n) is 11.7. The van der Waals surface area contributed by atoms with Crippen LogP contribution in [-0.2, 0) is 16.0 Å². The molecule has 0 saturated carbocycles. The Kier molecular flexibility index (Phi) is 4.76. The number of H-pyrrole nitrogens is 1. The van der Waals surface area contributed by atoms with Gasteiger partial charge < -0.3 is 15.1 Å². The van der Waals surface area contributed by atoms with Crippen molar-refractivity contribution in [2.45, 2.75) is 19.8 Å². The number of nitrogens with one attached hydrogen (secondary N) is 3. The van der Waals surface area contributed by atoms with E-state index in [9.17, 15) is 14.4 Å². The molecule has 1 aromatic heterocycles. The van der Waals surface area contributed by atoms with Crippen molar-refractivity contribution in [3.63, 3.8) is 0 Å². The molecule has 0 saturated heterocycles. The van der Waals surface area contributed by atoms with Gasteiger partial charge in [0, 0.05) is 26.4 Å². The SMILES string of the molecule is CC(=O)NCCNC(=O)CCc1ccc2oc(=O)[nH]c2c1. The Balaban J connectivity index is 1.79. The van der Waals surface area contributed by atoms with Crippen molar-refractivity contribution in [3.8, 4) is 0 Å². The molecule has 3 N–H and O–H groups in total. The zero-order valence-corrected chi connectivity index (χ0v) is 11.7. The molecule has 2 amide bonds. The van der Waals surface area contributed by atoms with Crippen molar-refractivity contribution >= 4 is 22.9 Å². The summed E-state index contributed by atoms with van der Waals surface area (Å²) in [6.45, 7) is 2.26. The second-order valence-electron chi connectivity index (χ2n) is 4.68. The van der Waals surface area contributed by atoms with Crippen LogP contribution in [0.2, 0.25) is 0 Å². The van der Waals surface area contributed by atoms with Gasteiger partial charge in [0.2, 0.25) is 11.8 Å². The van der Waals surface area contributed by atoms with E-state index in [1.807, 2.05) is 6.07 Å². The third-order valence-electron chi connectivity index (χ3n) is 2.95. The van der Waals surface area contributed by atoms with E-state index in [2.05, 4.69) is 15.6 Å². The number of fused-ring (bicyclic) bond motifs is 1. The highest BCUT2D eigenvalue weighted by Gasteiger charge is 2.05. The molecule has 112 valence electrons. The molecule has 0 aliphatic rings. The third-order valence-corrected chi connectivity index (χ3v) is 2.95. The van der Waals surface area contributed by atoms with Gasteiger partial charge in [-0.1, -0.05) is 6.07 Å². The van der Waals surface area contributed by atoms with Crippen LogP contribution in [0.3, 0.4) is 0 Å². The van der Waals surface area contributed by atoms with Crippen LogP contribution in [0, 0.1) is 0 Å². The van der Waals surface area contributed by atoms with Gasteiger partial charge in [0.1, 0.15) is 0 Å². The molecule has 0 bridgehead atoms. The van der Waals surface area contributed by atoms with E-state index in [0.29, 0.717) is 37.0 Å². The Labute approximate surface area is 120 Å². The number of hydrogen-bond donors (Lipinski definition) is 3. The summed E-state index contributed by atoms with van der Waals surface area (Å²) in [6, 6.07) is 5.33. The van der Waals surface area contributed by atoms with Crippen molar-refractivity contribution in [2.24, 2.45) is 0 Å². The van der Waals surface area contributed by atoms with Gasteiger partial charge in [-0.3, -0.25) is 14.6 Å². The molecule has 7 nitrogen and oxygen atoms in total. The van der Waals surface area contributed by atoms with E-state index >= 15 is 0 Å². The predicted molar refractivity (Wildman–Crippen MR) is 76.8 cm³/mol. The monoisotopic (exact) mass is 291 g/mol. The standard InChI is InChI=1S/C14H17N3O4/c1-9(18)15-6-7-16-13(19)5-3-10-2-4-12-11(8-10)17-14(20)21-12/h2,4,8H,3,5-7H2,1H3,(H,15,18)(H,16,19)(H,17,20). The Morgan fingerprint density at radius 1 is 1.24 bits per heavy atom. The first kappa shape index (κ1) is 14.8. The van der Waals surface area contributed by atoms with Crippen LogP contribution in [0.1, 0.15) is 18.9 Å². The van der Waals surface area contributed by atoms with Crippen molar-refractivity contribution in [3.05, 3.63) is 34.3 Å². The number of rotatable bonds is 6. The highest BCUT2D eigenvalue weighted by molar-refractivity contribution is 5.77. The Hall–Kier alpha value is -2.57. The molecule has 2 aromatic rings. The normalized spacial score (nSPS) is 10.5. The van der Waals surface area contributed by atoms with E-state index in [0.717, 1.165) is 5.56 Å². The lowest BCUT2D eigenvalue weighted by atomic mass is 10.1. The molecule has 21 heavy (non-hydrogen) atoms. The minimum absolute atomic E-state index is 0.0823. The molecule has 2 rings (SSSR count). The zero-order chi connectivity index (χ0) is 15.2. The summed E-state index contributed by atoms with van der Waals surface area (Å²) in [6.07, 6.45) is 0.906. The van der Waals surface area contributed by atoms with E-state index in [1.54, 1.807) is 12.1 Å².